The lowest BCUT2D eigenvalue weighted by atomic mass is 9.85. The largest absolute Gasteiger partial charge is 0.324 e. The Hall–Kier alpha value is -1.06. The molecule has 14 heavy (non-hydrogen) atoms. The van der Waals surface area contributed by atoms with Gasteiger partial charge in [0, 0.05) is 6.54 Å². The summed E-state index contributed by atoms with van der Waals surface area (Å²) >= 11 is 0. The highest BCUT2D eigenvalue weighted by atomic mass is 16.2. The van der Waals surface area contributed by atoms with Crippen LogP contribution in [0.15, 0.2) is 0 Å². The Kier molecular flexibility index (Phi) is 2.21. The second-order valence-electron chi connectivity index (χ2n) is 4.54. The van der Waals surface area contributed by atoms with Crippen LogP contribution in [0.4, 0.5) is 4.79 Å². The number of carbonyl (C=O) groups is 2. The van der Waals surface area contributed by atoms with Crippen LogP contribution < -0.4 is 5.32 Å². The third-order valence-electron chi connectivity index (χ3n) is 3.35. The molecule has 0 radical (unpaired) electrons. The zero-order chi connectivity index (χ0) is 10.3. The minimum Gasteiger partial charge on any atom is -0.312 e. The number of amides is 3. The van der Waals surface area contributed by atoms with Crippen molar-refractivity contribution in [3.8, 4) is 0 Å². The van der Waals surface area contributed by atoms with E-state index in [9.17, 15) is 9.59 Å². The van der Waals surface area contributed by atoms with Crippen molar-refractivity contribution < 1.29 is 9.59 Å². The number of carbonyl (C=O) groups excluding carboxylic acids is 2. The van der Waals surface area contributed by atoms with E-state index in [1.165, 1.54) is 0 Å². The molecular formula is C10H16N2O2. The van der Waals surface area contributed by atoms with Gasteiger partial charge in [-0.3, -0.25) is 10.1 Å². The molecule has 78 valence electrons. The van der Waals surface area contributed by atoms with Crippen molar-refractivity contribution in [3.63, 3.8) is 0 Å². The van der Waals surface area contributed by atoms with Gasteiger partial charge in [0.25, 0.3) is 5.91 Å². The van der Waals surface area contributed by atoms with Gasteiger partial charge < -0.3 is 4.90 Å². The summed E-state index contributed by atoms with van der Waals surface area (Å²) in [5, 5.41) is 2.37. The summed E-state index contributed by atoms with van der Waals surface area (Å²) in [5.41, 5.74) is 0. The Balaban J connectivity index is 2.09. The summed E-state index contributed by atoms with van der Waals surface area (Å²) < 4.78 is 0. The quantitative estimate of drug-likeness (QED) is 0.635. The van der Waals surface area contributed by atoms with Gasteiger partial charge in [-0.05, 0) is 24.7 Å². The summed E-state index contributed by atoms with van der Waals surface area (Å²) in [6, 6.07) is -0.386. The van der Waals surface area contributed by atoms with E-state index in [1.807, 2.05) is 0 Å². The molecule has 0 saturated carbocycles. The molecule has 0 aromatic heterocycles. The Morgan fingerprint density at radius 3 is 2.71 bits per heavy atom. The van der Waals surface area contributed by atoms with Gasteiger partial charge in [-0.25, -0.2) is 4.79 Å². The van der Waals surface area contributed by atoms with E-state index in [4.69, 9.17) is 0 Å². The van der Waals surface area contributed by atoms with Gasteiger partial charge in [-0.1, -0.05) is 13.8 Å². The van der Waals surface area contributed by atoms with Gasteiger partial charge in [0.15, 0.2) is 0 Å². The number of nitrogens with one attached hydrogen (secondary N) is 1. The topological polar surface area (TPSA) is 49.4 Å². The molecule has 4 heteroatoms. The van der Waals surface area contributed by atoms with Crippen LogP contribution in [0.2, 0.25) is 0 Å². The van der Waals surface area contributed by atoms with E-state index in [0.29, 0.717) is 11.8 Å². The van der Waals surface area contributed by atoms with Gasteiger partial charge in [-0.15, -0.1) is 0 Å². The second-order valence-corrected chi connectivity index (χ2v) is 4.54. The van der Waals surface area contributed by atoms with Crippen LogP contribution in [-0.4, -0.2) is 29.4 Å². The van der Waals surface area contributed by atoms with Crippen LogP contribution in [0.1, 0.15) is 26.7 Å². The van der Waals surface area contributed by atoms with Crippen LogP contribution in [0.3, 0.4) is 0 Å². The molecule has 2 heterocycles. The maximum absolute atomic E-state index is 11.4. The van der Waals surface area contributed by atoms with Crippen molar-refractivity contribution in [2.24, 2.45) is 11.8 Å². The van der Waals surface area contributed by atoms with E-state index < -0.39 is 0 Å². The highest BCUT2D eigenvalue weighted by Crippen LogP contribution is 2.29. The lowest BCUT2D eigenvalue weighted by Gasteiger charge is -2.34. The van der Waals surface area contributed by atoms with Crippen molar-refractivity contribution in [2.45, 2.75) is 32.7 Å². The zero-order valence-electron chi connectivity index (χ0n) is 8.62. The van der Waals surface area contributed by atoms with Crippen molar-refractivity contribution in [2.75, 3.05) is 6.54 Å². The number of imide groups is 1. The minimum atomic E-state index is -0.203. The fourth-order valence-electron chi connectivity index (χ4n) is 2.30. The molecular weight excluding hydrogens is 180 g/mol. The number of fused-ring (bicyclic) bond motifs is 1. The van der Waals surface area contributed by atoms with Gasteiger partial charge >= 0.3 is 6.03 Å². The van der Waals surface area contributed by atoms with Crippen LogP contribution >= 0.6 is 0 Å². The van der Waals surface area contributed by atoms with E-state index in [0.717, 1.165) is 19.4 Å². The van der Waals surface area contributed by atoms with Crippen molar-refractivity contribution in [1.82, 2.24) is 10.2 Å². The molecule has 0 aromatic carbocycles. The fraction of sp³-hybridized carbons (Fsp3) is 0.800. The fourth-order valence-corrected chi connectivity index (χ4v) is 2.30. The number of urea groups is 1. The summed E-state index contributed by atoms with van der Waals surface area (Å²) in [4.78, 5) is 24.4. The molecule has 0 aromatic rings. The lowest BCUT2D eigenvalue weighted by molar-refractivity contribution is -0.122. The summed E-state index contributed by atoms with van der Waals surface area (Å²) in [6.07, 6.45) is 1.87. The van der Waals surface area contributed by atoms with Crippen molar-refractivity contribution in [3.05, 3.63) is 0 Å². The molecule has 2 saturated heterocycles. The molecule has 2 rings (SSSR count). The standard InChI is InChI=1S/C10H16N2O2/c1-6(2)7-3-4-8-9(13)11-10(14)12(8)5-7/h6-8H,3-5H2,1-2H3,(H,11,13,14). The molecule has 0 spiro atoms. The molecule has 0 aliphatic carbocycles. The summed E-state index contributed by atoms with van der Waals surface area (Å²) in [5.74, 6) is 1.01. The first-order chi connectivity index (χ1) is 6.59. The van der Waals surface area contributed by atoms with Crippen molar-refractivity contribution in [1.29, 1.82) is 0 Å². The highest BCUT2D eigenvalue weighted by molar-refractivity contribution is 6.04. The van der Waals surface area contributed by atoms with Gasteiger partial charge in [0.05, 0.1) is 0 Å². The smallest absolute Gasteiger partial charge is 0.312 e. The number of piperidine rings is 1. The van der Waals surface area contributed by atoms with E-state index >= 15 is 0 Å². The average molecular weight is 196 g/mol. The molecule has 2 aliphatic heterocycles. The predicted octanol–water partition coefficient (Wildman–Crippen LogP) is 0.973. The molecule has 2 atom stereocenters. The lowest BCUT2D eigenvalue weighted by Crippen LogP contribution is -2.44. The third-order valence-corrected chi connectivity index (χ3v) is 3.35. The molecule has 4 nitrogen and oxygen atoms in total. The third kappa shape index (κ3) is 1.38. The summed E-state index contributed by atoms with van der Waals surface area (Å²) in [6.45, 7) is 5.07. The molecule has 2 unspecified atom stereocenters. The minimum absolute atomic E-state index is 0.114. The normalized spacial score (nSPS) is 32.1. The number of hydrogen-bond acceptors (Lipinski definition) is 2. The van der Waals surface area contributed by atoms with Gasteiger partial charge in [-0.2, -0.15) is 0 Å². The van der Waals surface area contributed by atoms with Crippen LogP contribution in [0, 0.1) is 11.8 Å². The van der Waals surface area contributed by atoms with E-state index in [1.54, 1.807) is 4.90 Å². The average Bonchev–Trinajstić information content (AvgIpc) is 2.42. The second kappa shape index (κ2) is 3.26. The van der Waals surface area contributed by atoms with Crippen LogP contribution in [0.5, 0.6) is 0 Å². The predicted molar refractivity (Wildman–Crippen MR) is 51.6 cm³/mol. The van der Waals surface area contributed by atoms with E-state index in [-0.39, 0.29) is 18.0 Å². The maximum Gasteiger partial charge on any atom is 0.324 e. The molecule has 2 fully saturated rings. The Labute approximate surface area is 83.6 Å². The molecule has 1 N–H and O–H groups in total. The number of rotatable bonds is 1. The SMILES string of the molecule is CC(C)C1CCC2C(=O)NC(=O)N2C1. The Morgan fingerprint density at radius 2 is 2.07 bits per heavy atom. The molecule has 0 bridgehead atoms. The highest BCUT2D eigenvalue weighted by Gasteiger charge is 2.42. The van der Waals surface area contributed by atoms with Crippen molar-refractivity contribution >= 4 is 11.9 Å². The first-order valence-corrected chi connectivity index (χ1v) is 5.21. The first-order valence-electron chi connectivity index (χ1n) is 5.21. The summed E-state index contributed by atoms with van der Waals surface area (Å²) in [7, 11) is 0. The van der Waals surface area contributed by atoms with Crippen LogP contribution in [0.25, 0.3) is 0 Å². The number of hydrogen-bond donors (Lipinski definition) is 1. The monoisotopic (exact) mass is 196 g/mol. The van der Waals surface area contributed by atoms with Crippen LogP contribution in [-0.2, 0) is 4.79 Å². The molecule has 3 amide bonds. The maximum atomic E-state index is 11.4. The van der Waals surface area contributed by atoms with E-state index in [2.05, 4.69) is 19.2 Å². The zero-order valence-corrected chi connectivity index (χ0v) is 8.62. The Morgan fingerprint density at radius 1 is 1.36 bits per heavy atom. The Bertz CT molecular complexity index is 275. The van der Waals surface area contributed by atoms with Gasteiger partial charge in [0.2, 0.25) is 0 Å². The first kappa shape index (κ1) is 9.49. The number of nitrogens with zero attached hydrogens (tertiary/aromatic N) is 1. The van der Waals surface area contributed by atoms with Gasteiger partial charge in [0.1, 0.15) is 6.04 Å². The molecule has 2 aliphatic rings.